The molecule has 4 rings (SSSR count). The number of methoxy groups -OCH3 is 3. The molecule has 0 bridgehead atoms. The number of nitrogen functional groups attached to an aromatic ring is 1. The smallest absolute Gasteiger partial charge is 0.179 e. The molecule has 0 aromatic heterocycles. The maximum atomic E-state index is 11.5. The molecule has 41 heavy (non-hydrogen) atoms. The zero-order valence-electron chi connectivity index (χ0n) is 23.2. The lowest BCUT2D eigenvalue weighted by atomic mass is 10.1. The maximum absolute atomic E-state index is 11.5. The molecule has 7 nitrogen and oxygen atoms in total. The van der Waals surface area contributed by atoms with Gasteiger partial charge in [-0.05, 0) is 65.7 Å². The van der Waals surface area contributed by atoms with Crippen molar-refractivity contribution in [3.8, 4) is 23.0 Å². The highest BCUT2D eigenvalue weighted by Crippen LogP contribution is 2.36. The predicted molar refractivity (Wildman–Crippen MR) is 168 cm³/mol. The first-order valence-corrected chi connectivity index (χ1v) is 14.4. The molecular weight excluding hydrogens is 556 g/mol. The van der Waals surface area contributed by atoms with Crippen molar-refractivity contribution in [3.05, 3.63) is 103 Å². The third-order valence-electron chi connectivity index (χ3n) is 5.76. The zero-order valence-corrected chi connectivity index (χ0v) is 24.9. The van der Waals surface area contributed by atoms with Crippen LogP contribution in [0.25, 0.3) is 6.08 Å². The molecule has 4 aromatic rings. The lowest BCUT2D eigenvalue weighted by molar-refractivity contribution is -0.113. The van der Waals surface area contributed by atoms with Gasteiger partial charge in [0, 0.05) is 32.3 Å². The van der Waals surface area contributed by atoms with Crippen LogP contribution in [0.4, 0.5) is 5.69 Å². The Morgan fingerprint density at radius 1 is 0.805 bits per heavy atom. The number of carbonyl (C=O) groups excluding carboxylic acids is 1. The van der Waals surface area contributed by atoms with E-state index >= 15 is 0 Å². The number of rotatable bonds is 12. The lowest BCUT2D eigenvalue weighted by Gasteiger charge is -2.14. The minimum atomic E-state index is -0.639. The van der Waals surface area contributed by atoms with Gasteiger partial charge in [0.25, 0.3) is 0 Å². The van der Waals surface area contributed by atoms with Crippen LogP contribution in [0, 0.1) is 0 Å². The Balaban J connectivity index is 0.000000278. The van der Waals surface area contributed by atoms with Gasteiger partial charge in [-0.15, -0.1) is 11.8 Å². The summed E-state index contributed by atoms with van der Waals surface area (Å²) in [6.45, 7) is 3.73. The average Bonchev–Trinajstić information content (AvgIpc) is 3.02. The highest BCUT2D eigenvalue weighted by Gasteiger charge is 2.13. The van der Waals surface area contributed by atoms with E-state index in [1.807, 2.05) is 78.9 Å². The highest BCUT2D eigenvalue weighted by atomic mass is 32.2. The summed E-state index contributed by atoms with van der Waals surface area (Å²) in [6, 6.07) is 26.8. The van der Waals surface area contributed by atoms with E-state index < -0.39 is 6.10 Å². The van der Waals surface area contributed by atoms with Crippen molar-refractivity contribution in [3.63, 3.8) is 0 Å². The number of carbonyl (C=O) groups is 1. The topological polar surface area (TPSA) is 106 Å². The van der Waals surface area contributed by atoms with Gasteiger partial charge in [0.2, 0.25) is 0 Å². The molecule has 0 aliphatic heterocycles. The molecule has 0 heterocycles. The normalized spacial score (nSPS) is 10.9. The second-order valence-electron chi connectivity index (χ2n) is 8.35. The third kappa shape index (κ3) is 9.24. The molecule has 0 saturated carbocycles. The van der Waals surface area contributed by atoms with Gasteiger partial charge in [-0.3, -0.25) is 4.79 Å². The molecule has 214 valence electrons. The predicted octanol–water partition coefficient (Wildman–Crippen LogP) is 7.10. The summed E-state index contributed by atoms with van der Waals surface area (Å²) >= 11 is 3.12. The molecule has 0 spiro atoms. The van der Waals surface area contributed by atoms with Crippen molar-refractivity contribution in [2.75, 3.05) is 32.9 Å². The van der Waals surface area contributed by atoms with E-state index in [4.69, 9.17) is 30.4 Å². The molecule has 0 saturated heterocycles. The molecule has 1 unspecified atom stereocenters. The summed E-state index contributed by atoms with van der Waals surface area (Å²) in [4.78, 5) is 14.6. The molecular formula is C32H34N2O5S2. The molecule has 4 aromatic carbocycles. The van der Waals surface area contributed by atoms with Crippen LogP contribution in [-0.2, 0) is 4.79 Å². The van der Waals surface area contributed by atoms with Crippen LogP contribution in [0.5, 0.6) is 23.0 Å². The van der Waals surface area contributed by atoms with E-state index in [1.165, 1.54) is 11.8 Å². The van der Waals surface area contributed by atoms with Gasteiger partial charge in [-0.1, -0.05) is 48.7 Å². The first-order valence-electron chi connectivity index (χ1n) is 12.5. The Bertz CT molecular complexity index is 1400. The lowest BCUT2D eigenvalue weighted by Crippen LogP contribution is -2.08. The number of anilines is 1. The zero-order chi connectivity index (χ0) is 29.6. The maximum Gasteiger partial charge on any atom is 0.179 e. The molecule has 1 atom stereocenters. The van der Waals surface area contributed by atoms with Gasteiger partial charge >= 0.3 is 0 Å². The minimum Gasteiger partial charge on any atom is -0.497 e. The second-order valence-corrected chi connectivity index (χ2v) is 10.6. The van der Waals surface area contributed by atoms with Gasteiger partial charge in [-0.2, -0.15) is 0 Å². The van der Waals surface area contributed by atoms with E-state index in [-0.39, 0.29) is 0 Å². The molecule has 9 heteroatoms. The fraction of sp³-hybridized carbons (Fsp3) is 0.156. The molecule has 0 fully saturated rings. The van der Waals surface area contributed by atoms with Crippen LogP contribution in [0.2, 0.25) is 0 Å². The average molecular weight is 591 g/mol. The first-order chi connectivity index (χ1) is 19.9. The molecule has 0 radical (unpaired) electrons. The van der Waals surface area contributed by atoms with Crippen molar-refractivity contribution < 1.29 is 23.7 Å². The monoisotopic (exact) mass is 590 g/mol. The summed E-state index contributed by atoms with van der Waals surface area (Å²) < 4.78 is 21.2. The van der Waals surface area contributed by atoms with Crippen LogP contribution in [0.1, 0.15) is 17.2 Å². The van der Waals surface area contributed by atoms with Crippen molar-refractivity contribution in [1.29, 1.82) is 0 Å². The number of ether oxygens (including phenoxy) is 4. The van der Waals surface area contributed by atoms with Crippen molar-refractivity contribution >= 4 is 41.6 Å². The van der Waals surface area contributed by atoms with Crippen LogP contribution in [-0.4, -0.2) is 33.5 Å². The number of hydrogen-bond acceptors (Lipinski definition) is 9. The molecule has 0 aliphatic rings. The van der Waals surface area contributed by atoms with Crippen molar-refractivity contribution in [2.24, 2.45) is 5.73 Å². The van der Waals surface area contributed by atoms with E-state index in [0.717, 1.165) is 37.8 Å². The van der Waals surface area contributed by atoms with E-state index in [0.29, 0.717) is 28.8 Å². The molecule has 4 N–H and O–H groups in total. The van der Waals surface area contributed by atoms with Gasteiger partial charge in [0.15, 0.2) is 23.9 Å². The summed E-state index contributed by atoms with van der Waals surface area (Å²) in [5.41, 5.74) is 13.7. The summed E-state index contributed by atoms with van der Waals surface area (Å²) in [6.07, 6.45) is 1.94. The van der Waals surface area contributed by atoms with Crippen LogP contribution >= 0.6 is 23.5 Å². The number of hydrogen-bond donors (Lipinski definition) is 2. The van der Waals surface area contributed by atoms with E-state index in [9.17, 15) is 4.79 Å². The van der Waals surface area contributed by atoms with Crippen molar-refractivity contribution in [1.82, 2.24) is 0 Å². The SMILES string of the molecule is C=Cc1ccc(OC(C=O)c2ccc(Sc3ccc(OC)cc3)cc2)cc1.COc1cc(N)c(SCN)cc1OC. The van der Waals surface area contributed by atoms with E-state index in [2.05, 4.69) is 6.58 Å². The fourth-order valence-electron chi connectivity index (χ4n) is 3.60. The molecule has 0 aliphatic carbocycles. The summed E-state index contributed by atoms with van der Waals surface area (Å²) in [5, 5.41) is 0. The summed E-state index contributed by atoms with van der Waals surface area (Å²) in [5.74, 6) is 3.26. The number of benzene rings is 4. The van der Waals surface area contributed by atoms with Gasteiger partial charge in [0.05, 0.1) is 21.3 Å². The minimum absolute atomic E-state index is 0.486. The summed E-state index contributed by atoms with van der Waals surface area (Å²) in [7, 11) is 4.82. The van der Waals surface area contributed by atoms with E-state index in [1.54, 1.807) is 45.2 Å². The first kappa shape index (κ1) is 31.5. The third-order valence-corrected chi connectivity index (χ3v) is 7.61. The second kappa shape index (κ2) is 16.3. The van der Waals surface area contributed by atoms with Gasteiger partial charge < -0.3 is 30.4 Å². The number of nitrogens with two attached hydrogens (primary N) is 2. The number of thioether (sulfide) groups is 1. The van der Waals surface area contributed by atoms with Crippen molar-refractivity contribution in [2.45, 2.75) is 20.8 Å². The Hall–Kier alpha value is -4.05. The standard InChI is InChI=1S/C23H20O3S.C9H14N2O2S/c1-3-17-4-8-20(9-5-17)26-23(16-24)18-6-12-21(13-7-18)27-22-14-10-19(25-2)11-15-22;1-12-7-3-6(11)9(14-5-10)4-8(7)13-2/h3-16,23H,1H2,2H3;3-4H,5,10-11H2,1-2H3. The van der Waals surface area contributed by atoms with Crippen LogP contribution in [0.3, 0.4) is 0 Å². The quantitative estimate of drug-likeness (QED) is 0.0773. The fourth-order valence-corrected chi connectivity index (χ4v) is 5.01. The Morgan fingerprint density at radius 2 is 1.37 bits per heavy atom. The van der Waals surface area contributed by atoms with Crippen LogP contribution in [0.15, 0.2) is 106 Å². The molecule has 0 amide bonds. The van der Waals surface area contributed by atoms with Gasteiger partial charge in [-0.25, -0.2) is 0 Å². The number of aldehydes is 1. The Labute approximate surface area is 249 Å². The van der Waals surface area contributed by atoms with Crippen LogP contribution < -0.4 is 30.4 Å². The van der Waals surface area contributed by atoms with Gasteiger partial charge in [0.1, 0.15) is 11.5 Å². The Morgan fingerprint density at radius 3 is 1.88 bits per heavy atom. The largest absolute Gasteiger partial charge is 0.497 e. The highest BCUT2D eigenvalue weighted by molar-refractivity contribution is 7.99. The Kier molecular flexibility index (Phi) is 12.5.